The molecule has 0 heterocycles. The first-order chi connectivity index (χ1) is 10.1. The first kappa shape index (κ1) is 15.5. The minimum Gasteiger partial charge on any atom is -0.341 e. The topological polar surface area (TPSA) is 70.1 Å². The molecule has 0 saturated heterocycles. The average Bonchev–Trinajstić information content (AvgIpc) is 2.71. The Kier molecular flexibility index (Phi) is 5.35. The lowest BCUT2D eigenvalue weighted by atomic mass is 9.94. The third-order valence-corrected chi connectivity index (χ3v) is 4.24. The van der Waals surface area contributed by atoms with Crippen molar-refractivity contribution in [3.63, 3.8) is 0 Å². The Morgan fingerprint density at radius 3 is 2.90 bits per heavy atom. The smallest absolute Gasteiger partial charge is 0.227 e. The van der Waals surface area contributed by atoms with Crippen molar-refractivity contribution in [2.24, 2.45) is 11.7 Å². The van der Waals surface area contributed by atoms with Crippen LogP contribution in [0.15, 0.2) is 24.3 Å². The average molecular weight is 285 g/mol. The fourth-order valence-electron chi connectivity index (χ4n) is 3.02. The number of hydrogen-bond donors (Lipinski definition) is 1. The molecule has 0 radical (unpaired) electrons. The van der Waals surface area contributed by atoms with E-state index in [0.717, 1.165) is 31.2 Å². The second-order valence-corrected chi connectivity index (χ2v) is 5.91. The number of nitriles is 1. The van der Waals surface area contributed by atoms with Crippen LogP contribution in [0.2, 0.25) is 0 Å². The Labute approximate surface area is 126 Å². The molecule has 1 aromatic carbocycles. The van der Waals surface area contributed by atoms with Gasteiger partial charge in [0.2, 0.25) is 5.91 Å². The fraction of sp³-hybridized carbons (Fsp3) is 0.529. The van der Waals surface area contributed by atoms with Gasteiger partial charge in [-0.15, -0.1) is 0 Å². The number of benzene rings is 1. The van der Waals surface area contributed by atoms with Crippen LogP contribution in [0.4, 0.5) is 0 Å². The zero-order valence-corrected chi connectivity index (χ0v) is 12.6. The molecule has 1 aliphatic carbocycles. The first-order valence-electron chi connectivity index (χ1n) is 7.61. The predicted molar refractivity (Wildman–Crippen MR) is 82.2 cm³/mol. The van der Waals surface area contributed by atoms with Gasteiger partial charge in [-0.2, -0.15) is 5.26 Å². The number of hydrogen-bond acceptors (Lipinski definition) is 3. The summed E-state index contributed by atoms with van der Waals surface area (Å²) in [7, 11) is 1.82. The molecule has 1 aliphatic rings. The molecule has 1 fully saturated rings. The molecule has 1 aromatic rings. The molecule has 0 aliphatic heterocycles. The summed E-state index contributed by atoms with van der Waals surface area (Å²) in [6.45, 7) is 0.525. The first-order valence-corrected chi connectivity index (χ1v) is 7.61. The van der Waals surface area contributed by atoms with Crippen LogP contribution in [0.3, 0.4) is 0 Å². The number of amides is 1. The number of nitrogens with two attached hydrogens (primary N) is 1. The van der Waals surface area contributed by atoms with Crippen molar-refractivity contribution < 1.29 is 4.79 Å². The number of nitrogens with zero attached hydrogens (tertiary/aromatic N) is 2. The summed E-state index contributed by atoms with van der Waals surface area (Å²) < 4.78 is 0. The minimum absolute atomic E-state index is 0.0205. The van der Waals surface area contributed by atoms with E-state index in [1.807, 2.05) is 25.2 Å². The van der Waals surface area contributed by atoms with Crippen LogP contribution in [0, 0.1) is 17.2 Å². The monoisotopic (exact) mass is 285 g/mol. The summed E-state index contributed by atoms with van der Waals surface area (Å²) in [4.78, 5) is 14.3. The van der Waals surface area contributed by atoms with Crippen LogP contribution in [0.25, 0.3) is 0 Å². The minimum atomic E-state index is -0.0587. The third kappa shape index (κ3) is 4.05. The largest absolute Gasteiger partial charge is 0.341 e. The molecular formula is C17H23N3O. The van der Waals surface area contributed by atoms with Crippen molar-refractivity contribution in [3.05, 3.63) is 35.4 Å². The lowest BCUT2D eigenvalue weighted by Gasteiger charge is -2.26. The molecule has 2 atom stereocenters. The van der Waals surface area contributed by atoms with Crippen molar-refractivity contribution >= 4 is 5.91 Å². The van der Waals surface area contributed by atoms with Gasteiger partial charge < -0.3 is 10.6 Å². The van der Waals surface area contributed by atoms with Gasteiger partial charge in [0.1, 0.15) is 0 Å². The zero-order chi connectivity index (χ0) is 15.2. The quantitative estimate of drug-likeness (QED) is 0.867. The standard InChI is InChI=1S/C17H23N3O/c1-20(12-14-7-5-6-13(10-14)11-18)17(21)15-8-3-2-4-9-16(15)19/h5-7,10,15-16H,2-4,8-9,12,19H2,1H3. The Morgan fingerprint density at radius 2 is 2.14 bits per heavy atom. The summed E-state index contributed by atoms with van der Waals surface area (Å²) in [5.41, 5.74) is 7.77. The molecule has 1 amide bonds. The Bertz CT molecular complexity index is 535. The van der Waals surface area contributed by atoms with Gasteiger partial charge in [0.05, 0.1) is 17.6 Å². The SMILES string of the molecule is CN(Cc1cccc(C#N)c1)C(=O)C1CCCCCC1N. The highest BCUT2D eigenvalue weighted by Gasteiger charge is 2.29. The maximum Gasteiger partial charge on any atom is 0.227 e. The van der Waals surface area contributed by atoms with E-state index >= 15 is 0 Å². The number of carbonyl (C=O) groups is 1. The van der Waals surface area contributed by atoms with Gasteiger partial charge in [-0.1, -0.05) is 31.4 Å². The number of rotatable bonds is 3. The van der Waals surface area contributed by atoms with Gasteiger partial charge in [0.15, 0.2) is 0 Å². The van der Waals surface area contributed by atoms with E-state index in [0.29, 0.717) is 12.1 Å². The van der Waals surface area contributed by atoms with E-state index in [4.69, 9.17) is 11.0 Å². The molecule has 1 saturated carbocycles. The van der Waals surface area contributed by atoms with Crippen LogP contribution in [0.1, 0.15) is 43.2 Å². The van der Waals surface area contributed by atoms with Crippen LogP contribution in [-0.4, -0.2) is 23.9 Å². The molecule has 112 valence electrons. The van der Waals surface area contributed by atoms with Crippen molar-refractivity contribution in [2.45, 2.75) is 44.7 Å². The molecule has 2 rings (SSSR count). The van der Waals surface area contributed by atoms with Gasteiger partial charge in [-0.05, 0) is 30.5 Å². The molecule has 2 N–H and O–H groups in total. The summed E-state index contributed by atoms with van der Waals surface area (Å²) in [5, 5.41) is 8.93. The van der Waals surface area contributed by atoms with E-state index in [2.05, 4.69) is 6.07 Å². The molecule has 0 aromatic heterocycles. The number of carbonyl (C=O) groups excluding carboxylic acids is 1. The fourth-order valence-corrected chi connectivity index (χ4v) is 3.02. The summed E-state index contributed by atoms with van der Waals surface area (Å²) in [6.07, 6.45) is 5.21. The summed E-state index contributed by atoms with van der Waals surface area (Å²) in [6, 6.07) is 9.50. The Morgan fingerprint density at radius 1 is 1.38 bits per heavy atom. The van der Waals surface area contributed by atoms with Crippen LogP contribution < -0.4 is 5.73 Å². The van der Waals surface area contributed by atoms with Gasteiger partial charge in [-0.25, -0.2) is 0 Å². The van der Waals surface area contributed by atoms with Crippen molar-refractivity contribution in [1.29, 1.82) is 5.26 Å². The summed E-state index contributed by atoms with van der Waals surface area (Å²) in [5.74, 6) is 0.0726. The lowest BCUT2D eigenvalue weighted by molar-refractivity contribution is -0.135. The molecule has 2 unspecified atom stereocenters. The highest BCUT2D eigenvalue weighted by atomic mass is 16.2. The van der Waals surface area contributed by atoms with Crippen molar-refractivity contribution in [2.75, 3.05) is 7.05 Å². The molecule has 0 spiro atoms. The molecular weight excluding hydrogens is 262 g/mol. The Hall–Kier alpha value is -1.86. The van der Waals surface area contributed by atoms with E-state index in [-0.39, 0.29) is 17.9 Å². The zero-order valence-electron chi connectivity index (χ0n) is 12.6. The maximum atomic E-state index is 12.6. The molecule has 0 bridgehead atoms. The summed E-state index contributed by atoms with van der Waals surface area (Å²) >= 11 is 0. The molecule has 4 heteroatoms. The van der Waals surface area contributed by atoms with E-state index in [9.17, 15) is 4.79 Å². The van der Waals surface area contributed by atoms with Crippen LogP contribution in [0.5, 0.6) is 0 Å². The van der Waals surface area contributed by atoms with Crippen LogP contribution in [-0.2, 0) is 11.3 Å². The van der Waals surface area contributed by atoms with Crippen LogP contribution >= 0.6 is 0 Å². The van der Waals surface area contributed by atoms with Gasteiger partial charge in [0, 0.05) is 19.6 Å². The van der Waals surface area contributed by atoms with E-state index in [1.54, 1.807) is 11.0 Å². The lowest BCUT2D eigenvalue weighted by Crippen LogP contribution is -2.41. The van der Waals surface area contributed by atoms with Crippen molar-refractivity contribution in [1.82, 2.24) is 4.90 Å². The second kappa shape index (κ2) is 7.24. The molecule has 4 nitrogen and oxygen atoms in total. The van der Waals surface area contributed by atoms with Gasteiger partial charge >= 0.3 is 0 Å². The second-order valence-electron chi connectivity index (χ2n) is 5.91. The molecule has 21 heavy (non-hydrogen) atoms. The van der Waals surface area contributed by atoms with Gasteiger partial charge in [0.25, 0.3) is 0 Å². The van der Waals surface area contributed by atoms with E-state index in [1.165, 1.54) is 6.42 Å². The highest BCUT2D eigenvalue weighted by molar-refractivity contribution is 5.79. The normalized spacial score (nSPS) is 22.1. The van der Waals surface area contributed by atoms with Gasteiger partial charge in [-0.3, -0.25) is 4.79 Å². The maximum absolute atomic E-state index is 12.6. The van der Waals surface area contributed by atoms with E-state index < -0.39 is 0 Å². The third-order valence-electron chi connectivity index (χ3n) is 4.24. The highest BCUT2D eigenvalue weighted by Crippen LogP contribution is 2.24. The van der Waals surface area contributed by atoms with Crippen molar-refractivity contribution in [3.8, 4) is 6.07 Å². The Balaban J connectivity index is 2.03. The predicted octanol–water partition coefficient (Wildman–Crippen LogP) is 2.42.